The van der Waals surface area contributed by atoms with Crippen LogP contribution < -0.4 is 4.74 Å². The molecule has 27 heavy (non-hydrogen) atoms. The Balaban J connectivity index is 2.04. The average Bonchev–Trinajstić information content (AvgIpc) is 2.63. The molecule has 0 saturated carbocycles. The van der Waals surface area contributed by atoms with Gasteiger partial charge in [-0.05, 0) is 70.1 Å². The molecule has 0 aliphatic rings. The summed E-state index contributed by atoms with van der Waals surface area (Å²) in [4.78, 5) is 11.9. The van der Waals surface area contributed by atoms with Crippen LogP contribution in [0.5, 0.6) is 23.0 Å². The summed E-state index contributed by atoms with van der Waals surface area (Å²) in [5.41, 5.74) is 1.20. The SMILES string of the molecule is O=C(/C=C(O)/C=C/c1ccc(O)c(O)c1)/C=C/c1ccc(O)c(OCI)c1. The number of aliphatic hydroxyl groups is 1. The first kappa shape index (κ1) is 20.4. The van der Waals surface area contributed by atoms with Crippen LogP contribution in [0.3, 0.4) is 0 Å². The van der Waals surface area contributed by atoms with E-state index in [-0.39, 0.29) is 23.0 Å². The summed E-state index contributed by atoms with van der Waals surface area (Å²) >= 11 is 2.01. The van der Waals surface area contributed by atoms with Crippen LogP contribution in [0.4, 0.5) is 0 Å². The number of halogens is 1. The van der Waals surface area contributed by atoms with Crippen LogP contribution in [-0.2, 0) is 4.79 Å². The Labute approximate surface area is 169 Å². The third kappa shape index (κ3) is 6.37. The van der Waals surface area contributed by atoms with E-state index in [9.17, 15) is 25.2 Å². The van der Waals surface area contributed by atoms with Crippen molar-refractivity contribution in [3.63, 3.8) is 0 Å². The van der Waals surface area contributed by atoms with Crippen LogP contribution in [0.15, 0.2) is 60.4 Å². The van der Waals surface area contributed by atoms with Gasteiger partial charge in [-0.3, -0.25) is 4.79 Å². The lowest BCUT2D eigenvalue weighted by Gasteiger charge is -2.05. The third-order valence-electron chi connectivity index (χ3n) is 3.37. The summed E-state index contributed by atoms with van der Waals surface area (Å²) in [6.45, 7) is 0. The Kier molecular flexibility index (Phi) is 7.30. The van der Waals surface area contributed by atoms with E-state index in [2.05, 4.69) is 0 Å². The smallest absolute Gasteiger partial charge is 0.182 e. The normalized spacial score (nSPS) is 12.0. The monoisotopic (exact) mass is 480 g/mol. The predicted octanol–water partition coefficient (Wildman–Crippen LogP) is 4.31. The van der Waals surface area contributed by atoms with Crippen molar-refractivity contribution < 1.29 is 30.0 Å². The number of hydrogen-bond donors (Lipinski definition) is 4. The highest BCUT2D eigenvalue weighted by atomic mass is 127. The minimum absolute atomic E-state index is 0.0121. The van der Waals surface area contributed by atoms with Crippen LogP contribution in [0.25, 0.3) is 12.2 Å². The zero-order valence-electron chi connectivity index (χ0n) is 14.0. The lowest BCUT2D eigenvalue weighted by Crippen LogP contribution is -1.90. The minimum Gasteiger partial charge on any atom is -0.508 e. The van der Waals surface area contributed by atoms with Crippen LogP contribution in [-0.4, -0.2) is 30.8 Å². The number of benzene rings is 2. The molecule has 0 spiro atoms. The molecule has 0 saturated heterocycles. The number of phenolic OH excluding ortho intramolecular Hbond substituents is 3. The highest BCUT2D eigenvalue weighted by molar-refractivity contribution is 14.1. The Bertz CT molecular complexity index is 915. The number of aromatic hydroxyl groups is 3. The first-order valence-electron chi connectivity index (χ1n) is 7.73. The molecular formula is C20H17IO6. The van der Waals surface area contributed by atoms with Crippen LogP contribution >= 0.6 is 22.6 Å². The van der Waals surface area contributed by atoms with Crippen molar-refractivity contribution in [2.75, 3.05) is 4.61 Å². The molecule has 0 radical (unpaired) electrons. The lowest BCUT2D eigenvalue weighted by molar-refractivity contribution is -0.110. The number of rotatable bonds is 7. The topological polar surface area (TPSA) is 107 Å². The Morgan fingerprint density at radius 1 is 0.926 bits per heavy atom. The van der Waals surface area contributed by atoms with Crippen molar-refractivity contribution in [3.8, 4) is 23.0 Å². The molecule has 2 rings (SSSR count). The molecule has 0 unspecified atom stereocenters. The van der Waals surface area contributed by atoms with E-state index in [4.69, 9.17) is 4.74 Å². The Morgan fingerprint density at radius 2 is 1.56 bits per heavy atom. The van der Waals surface area contributed by atoms with E-state index in [1.807, 2.05) is 22.6 Å². The summed E-state index contributed by atoms with van der Waals surface area (Å²) < 4.78 is 5.64. The molecule has 4 N–H and O–H groups in total. The molecule has 140 valence electrons. The van der Waals surface area contributed by atoms with Gasteiger partial charge in [0.1, 0.15) is 10.4 Å². The molecule has 2 aromatic carbocycles. The summed E-state index contributed by atoms with van der Waals surface area (Å²) in [6, 6.07) is 8.87. The van der Waals surface area contributed by atoms with E-state index in [1.165, 1.54) is 42.5 Å². The summed E-state index contributed by atoms with van der Waals surface area (Å²) in [5.74, 6) is -0.893. The standard InChI is InChI=1S/C20H17IO6/c21-12-27-20-10-14(4-8-18(20)25)2-6-16(23)11-15(22)5-1-13-3-7-17(24)19(26)9-13/h1-11,22,24-26H,12H2/b5-1+,6-2+,15-11-. The largest absolute Gasteiger partial charge is 0.508 e. The maximum Gasteiger partial charge on any atom is 0.182 e. The number of allylic oxidation sites excluding steroid dienone is 3. The van der Waals surface area contributed by atoms with Gasteiger partial charge in [0.05, 0.1) is 0 Å². The third-order valence-corrected chi connectivity index (χ3v) is 3.68. The number of ether oxygens (including phenoxy) is 1. The van der Waals surface area contributed by atoms with Crippen molar-refractivity contribution >= 4 is 40.5 Å². The van der Waals surface area contributed by atoms with Gasteiger partial charge in [0, 0.05) is 6.08 Å². The maximum absolute atomic E-state index is 11.9. The first-order chi connectivity index (χ1) is 12.9. The van der Waals surface area contributed by atoms with Crippen LogP contribution in [0.1, 0.15) is 11.1 Å². The molecule has 0 bridgehead atoms. The molecule has 7 heteroatoms. The maximum atomic E-state index is 11.9. The van der Waals surface area contributed by atoms with E-state index in [1.54, 1.807) is 18.2 Å². The second kappa shape index (κ2) is 9.67. The van der Waals surface area contributed by atoms with Crippen LogP contribution in [0.2, 0.25) is 0 Å². The number of carbonyl (C=O) groups is 1. The van der Waals surface area contributed by atoms with Gasteiger partial charge < -0.3 is 25.2 Å². The average molecular weight is 480 g/mol. The Hall–Kier alpha value is -2.94. The van der Waals surface area contributed by atoms with E-state index >= 15 is 0 Å². The van der Waals surface area contributed by atoms with Gasteiger partial charge in [-0.2, -0.15) is 0 Å². The highest BCUT2D eigenvalue weighted by Gasteiger charge is 2.03. The molecule has 0 amide bonds. The lowest BCUT2D eigenvalue weighted by atomic mass is 10.1. The van der Waals surface area contributed by atoms with Crippen molar-refractivity contribution in [3.05, 3.63) is 71.5 Å². The van der Waals surface area contributed by atoms with E-state index in [0.717, 1.165) is 6.08 Å². The number of ketones is 1. The van der Waals surface area contributed by atoms with Crippen molar-refractivity contribution in [1.29, 1.82) is 0 Å². The van der Waals surface area contributed by atoms with E-state index < -0.39 is 5.78 Å². The quantitative estimate of drug-likeness (QED) is 0.118. The summed E-state index contributed by atoms with van der Waals surface area (Å²) in [5, 5.41) is 38.1. The predicted molar refractivity (Wildman–Crippen MR) is 111 cm³/mol. The number of phenols is 3. The molecule has 6 nitrogen and oxygen atoms in total. The summed E-state index contributed by atoms with van der Waals surface area (Å²) in [6.07, 6.45) is 6.62. The van der Waals surface area contributed by atoms with Gasteiger partial charge in [0.25, 0.3) is 0 Å². The van der Waals surface area contributed by atoms with Crippen molar-refractivity contribution in [2.24, 2.45) is 0 Å². The molecule has 0 fully saturated rings. The van der Waals surface area contributed by atoms with Crippen LogP contribution in [0, 0.1) is 0 Å². The first-order valence-corrected chi connectivity index (χ1v) is 9.26. The van der Waals surface area contributed by atoms with Crippen molar-refractivity contribution in [1.82, 2.24) is 0 Å². The summed E-state index contributed by atoms with van der Waals surface area (Å²) in [7, 11) is 0. The fraction of sp³-hybridized carbons (Fsp3) is 0.0500. The molecule has 0 aliphatic heterocycles. The molecule has 0 heterocycles. The van der Waals surface area contributed by atoms with Gasteiger partial charge in [0.2, 0.25) is 0 Å². The second-order valence-corrected chi connectivity index (χ2v) is 5.99. The van der Waals surface area contributed by atoms with Gasteiger partial charge in [0.15, 0.2) is 28.8 Å². The molecule has 0 aromatic heterocycles. The van der Waals surface area contributed by atoms with Crippen molar-refractivity contribution in [2.45, 2.75) is 0 Å². The zero-order chi connectivity index (χ0) is 19.8. The highest BCUT2D eigenvalue weighted by Crippen LogP contribution is 2.28. The van der Waals surface area contributed by atoms with Gasteiger partial charge in [-0.1, -0.05) is 24.3 Å². The van der Waals surface area contributed by atoms with Gasteiger partial charge >= 0.3 is 0 Å². The number of hydrogen-bond acceptors (Lipinski definition) is 6. The zero-order valence-corrected chi connectivity index (χ0v) is 16.2. The number of alkyl halides is 1. The fourth-order valence-corrected chi connectivity index (χ4v) is 2.39. The Morgan fingerprint density at radius 3 is 2.22 bits per heavy atom. The molecular weight excluding hydrogens is 463 g/mol. The molecule has 2 aromatic rings. The molecule has 0 aliphatic carbocycles. The number of aliphatic hydroxyl groups excluding tert-OH is 1. The minimum atomic E-state index is -0.435. The molecule has 0 atom stereocenters. The van der Waals surface area contributed by atoms with Gasteiger partial charge in [-0.15, -0.1) is 0 Å². The van der Waals surface area contributed by atoms with Gasteiger partial charge in [-0.25, -0.2) is 0 Å². The number of carbonyl (C=O) groups excluding carboxylic acids is 1. The second-order valence-electron chi connectivity index (χ2n) is 5.37. The fourth-order valence-electron chi connectivity index (χ4n) is 2.05. The van der Waals surface area contributed by atoms with E-state index in [0.29, 0.717) is 21.5 Å².